The quantitative estimate of drug-likeness (QED) is 0.475. The number of fused-ring (bicyclic) bond motifs is 1. The number of rotatable bonds is 4. The van der Waals surface area contributed by atoms with Crippen LogP contribution in [0.5, 0.6) is 0 Å². The first kappa shape index (κ1) is 20.4. The smallest absolute Gasteiger partial charge is 0.149 e. The Morgan fingerprint density at radius 1 is 1.12 bits per heavy atom. The summed E-state index contributed by atoms with van der Waals surface area (Å²) < 4.78 is 2.11. The Hall–Kier alpha value is -1.66. The predicted molar refractivity (Wildman–Crippen MR) is 96.8 cm³/mol. The number of hydrogen-bond acceptors (Lipinski definition) is 1. The summed E-state index contributed by atoms with van der Waals surface area (Å²) in [5.74, 6) is 0.175. The van der Waals surface area contributed by atoms with Crippen molar-refractivity contribution in [2.24, 2.45) is 0 Å². The van der Waals surface area contributed by atoms with Crippen LogP contribution in [0.1, 0.15) is 37.6 Å². The molecule has 2 aromatic carbocycles. The van der Waals surface area contributed by atoms with Crippen molar-refractivity contribution < 1.29 is 25.9 Å². The third-order valence-electron chi connectivity index (χ3n) is 3.90. The first-order valence-corrected chi connectivity index (χ1v) is 8.18. The Kier molecular flexibility index (Phi) is 8.14. The molecule has 0 aliphatic rings. The molecule has 0 aliphatic heterocycles. The fourth-order valence-electron chi connectivity index (χ4n) is 2.89. The molecule has 1 aromatic heterocycles. The van der Waals surface area contributed by atoms with E-state index in [2.05, 4.69) is 41.8 Å². The molecule has 0 fully saturated rings. The van der Waals surface area contributed by atoms with Crippen LogP contribution in [-0.2, 0) is 38.8 Å². The summed E-state index contributed by atoms with van der Waals surface area (Å²) in [6, 6.07) is 19.6. The minimum atomic E-state index is 0. The summed E-state index contributed by atoms with van der Waals surface area (Å²) in [4.78, 5) is 11.5. The molecule has 1 heterocycles. The number of benzene rings is 2. The first-order chi connectivity index (χ1) is 11.2. The van der Waals surface area contributed by atoms with E-state index >= 15 is 0 Å². The van der Waals surface area contributed by atoms with Gasteiger partial charge in [0.1, 0.15) is 5.78 Å². The summed E-state index contributed by atoms with van der Waals surface area (Å²) in [6.07, 6.45) is 0.881. The summed E-state index contributed by atoms with van der Waals surface area (Å²) in [7, 11) is 0. The third-order valence-corrected chi connectivity index (χ3v) is 3.90. The van der Waals surface area contributed by atoms with E-state index in [9.17, 15) is 4.79 Å². The van der Waals surface area contributed by atoms with Crippen molar-refractivity contribution in [3.8, 4) is 0 Å². The van der Waals surface area contributed by atoms with Crippen molar-refractivity contribution in [2.75, 3.05) is 0 Å². The van der Waals surface area contributed by atoms with Gasteiger partial charge in [0.2, 0.25) is 0 Å². The van der Waals surface area contributed by atoms with E-state index in [0.29, 0.717) is 6.54 Å². The number of hydrogen-bond donors (Lipinski definition) is 0. The molecule has 3 rings (SSSR count). The van der Waals surface area contributed by atoms with Crippen molar-refractivity contribution >= 4 is 16.7 Å². The average molecular weight is 490 g/mol. The van der Waals surface area contributed by atoms with Crippen LogP contribution in [0.25, 0.3) is 10.9 Å². The van der Waals surface area contributed by atoms with Gasteiger partial charge in [-0.3, -0.25) is 4.79 Å². The topological polar surface area (TPSA) is 22.0 Å². The largest absolute Gasteiger partial charge is 0.361 e. The molecule has 0 saturated heterocycles. The fourth-order valence-corrected chi connectivity index (χ4v) is 2.89. The Morgan fingerprint density at radius 2 is 1.79 bits per heavy atom. The summed E-state index contributed by atoms with van der Waals surface area (Å²) in [5.41, 5.74) is 4.86. The maximum atomic E-state index is 11.5. The monoisotopic (exact) mass is 490 g/mol. The SMILES string of the molecule is CC.CC(=O)Cn1c(C)c(Cc2ccccc2)c2c[c-]ccc21.[W]. The van der Waals surface area contributed by atoms with Gasteiger partial charge in [0.05, 0.1) is 6.54 Å². The van der Waals surface area contributed by atoms with E-state index in [1.54, 1.807) is 6.92 Å². The molecular weight excluding hydrogens is 466 g/mol. The van der Waals surface area contributed by atoms with Crippen LogP contribution < -0.4 is 0 Å². The van der Waals surface area contributed by atoms with Crippen LogP contribution in [0, 0.1) is 13.0 Å². The second kappa shape index (κ2) is 9.59. The van der Waals surface area contributed by atoms with Crippen molar-refractivity contribution in [3.63, 3.8) is 0 Å². The standard InChI is InChI=1S/C19H18NO.C2H6.W/c1-14(21)13-20-15(2)18(12-16-8-4-3-5-9-16)17-10-6-7-11-19(17)20;1-2;/h3-5,7-11H,12-13H2,1-2H3;1-2H3;/q-1;;. The molecule has 0 N–H and O–H groups in total. The van der Waals surface area contributed by atoms with Crippen LogP contribution in [-0.4, -0.2) is 10.4 Å². The molecule has 0 bridgehead atoms. The summed E-state index contributed by atoms with van der Waals surface area (Å²) >= 11 is 0. The number of ketones is 1. The van der Waals surface area contributed by atoms with Gasteiger partial charge in [-0.15, -0.1) is 11.5 Å². The molecule has 0 amide bonds. The van der Waals surface area contributed by atoms with E-state index in [1.807, 2.05) is 38.1 Å². The molecule has 24 heavy (non-hydrogen) atoms. The maximum Gasteiger partial charge on any atom is 0.149 e. The zero-order chi connectivity index (χ0) is 16.8. The van der Waals surface area contributed by atoms with Crippen LogP contribution >= 0.6 is 0 Å². The molecule has 3 heteroatoms. The van der Waals surface area contributed by atoms with Crippen LogP contribution in [0.15, 0.2) is 48.5 Å². The van der Waals surface area contributed by atoms with Crippen molar-refractivity contribution in [3.05, 3.63) is 71.4 Å². The normalized spacial score (nSPS) is 9.83. The molecule has 126 valence electrons. The minimum absolute atomic E-state index is 0. The molecule has 3 aromatic rings. The molecule has 0 radical (unpaired) electrons. The van der Waals surface area contributed by atoms with E-state index < -0.39 is 0 Å². The van der Waals surface area contributed by atoms with Gasteiger partial charge in [0.15, 0.2) is 0 Å². The van der Waals surface area contributed by atoms with Crippen molar-refractivity contribution in [1.29, 1.82) is 0 Å². The Morgan fingerprint density at radius 3 is 2.42 bits per heavy atom. The van der Waals surface area contributed by atoms with Gasteiger partial charge in [0, 0.05) is 26.8 Å². The molecule has 0 atom stereocenters. The zero-order valence-electron chi connectivity index (χ0n) is 14.8. The molecule has 0 unspecified atom stereocenters. The van der Waals surface area contributed by atoms with Crippen molar-refractivity contribution in [2.45, 2.75) is 40.7 Å². The zero-order valence-corrected chi connectivity index (χ0v) is 17.7. The second-order valence-electron chi connectivity index (χ2n) is 5.46. The van der Waals surface area contributed by atoms with Gasteiger partial charge in [-0.05, 0) is 25.8 Å². The van der Waals surface area contributed by atoms with Crippen LogP contribution in [0.3, 0.4) is 0 Å². The molecule has 0 spiro atoms. The molecule has 2 nitrogen and oxygen atoms in total. The number of nitrogens with zero attached hydrogens (tertiary/aromatic N) is 1. The van der Waals surface area contributed by atoms with Crippen LogP contribution in [0.4, 0.5) is 0 Å². The van der Waals surface area contributed by atoms with E-state index in [-0.39, 0.29) is 26.8 Å². The number of carbonyl (C=O) groups excluding carboxylic acids is 1. The van der Waals surface area contributed by atoms with E-state index in [0.717, 1.165) is 11.9 Å². The van der Waals surface area contributed by atoms with Gasteiger partial charge in [-0.1, -0.05) is 55.3 Å². The number of aromatic nitrogens is 1. The average Bonchev–Trinajstić information content (AvgIpc) is 2.83. The second-order valence-corrected chi connectivity index (χ2v) is 5.46. The fraction of sp³-hybridized carbons (Fsp3) is 0.286. The number of Topliss-reactive ketones (excluding diaryl/α,β-unsaturated/α-hetero) is 1. The molecule has 0 aliphatic carbocycles. The Balaban J connectivity index is 0.000000925. The Labute approximate surface area is 159 Å². The predicted octanol–water partition coefficient (Wildman–Crippen LogP) is 4.95. The molecule has 0 saturated carbocycles. The number of carbonyl (C=O) groups is 1. The third kappa shape index (κ3) is 4.45. The van der Waals surface area contributed by atoms with Gasteiger partial charge in [0.25, 0.3) is 0 Å². The van der Waals surface area contributed by atoms with Crippen LogP contribution in [0.2, 0.25) is 0 Å². The van der Waals surface area contributed by atoms with Crippen molar-refractivity contribution in [1.82, 2.24) is 4.57 Å². The molecular formula is C21H24NOW-. The van der Waals surface area contributed by atoms with E-state index in [1.165, 1.54) is 22.2 Å². The summed E-state index contributed by atoms with van der Waals surface area (Å²) in [5, 5.41) is 1.19. The van der Waals surface area contributed by atoms with Gasteiger partial charge < -0.3 is 4.57 Å². The summed E-state index contributed by atoms with van der Waals surface area (Å²) in [6.45, 7) is 8.17. The minimum Gasteiger partial charge on any atom is -0.361 e. The van der Waals surface area contributed by atoms with Gasteiger partial charge in [-0.25, -0.2) is 0 Å². The van der Waals surface area contributed by atoms with Gasteiger partial charge in [-0.2, -0.15) is 18.2 Å². The van der Waals surface area contributed by atoms with E-state index in [4.69, 9.17) is 0 Å². The Bertz CT molecular complexity index is 790. The van der Waals surface area contributed by atoms with Gasteiger partial charge >= 0.3 is 0 Å². The first-order valence-electron chi connectivity index (χ1n) is 8.18. The maximum absolute atomic E-state index is 11.5.